The Morgan fingerprint density at radius 2 is 1.76 bits per heavy atom. The fourth-order valence-electron chi connectivity index (χ4n) is 2.26. The molecule has 2 aromatic carbocycles. The van der Waals surface area contributed by atoms with Crippen LogP contribution < -0.4 is 9.47 Å². The molecule has 2 aromatic rings. The van der Waals surface area contributed by atoms with E-state index in [0.717, 1.165) is 21.2 Å². The molecule has 0 bridgehead atoms. The maximum Gasteiger partial charge on any atom is 0.160 e. The van der Waals surface area contributed by atoms with Crippen molar-refractivity contribution in [3.8, 4) is 11.5 Å². The van der Waals surface area contributed by atoms with Gasteiger partial charge in [-0.05, 0) is 36.2 Å². The predicted molar refractivity (Wildman–Crippen MR) is 87.1 cm³/mol. The average molecular weight is 351 g/mol. The first-order chi connectivity index (χ1) is 10.0. The van der Waals surface area contributed by atoms with Crippen molar-refractivity contribution in [2.45, 2.75) is 19.4 Å². The van der Waals surface area contributed by atoms with E-state index in [0.29, 0.717) is 17.9 Å². The quantitative estimate of drug-likeness (QED) is 0.883. The Morgan fingerprint density at radius 1 is 1.05 bits per heavy atom. The van der Waals surface area contributed by atoms with E-state index >= 15 is 0 Å². The van der Waals surface area contributed by atoms with Gasteiger partial charge in [-0.25, -0.2) is 0 Å². The molecule has 0 aliphatic heterocycles. The minimum atomic E-state index is -0.572. The average Bonchev–Trinajstić information content (AvgIpc) is 2.49. The minimum Gasteiger partial charge on any atom is -0.493 e. The summed E-state index contributed by atoms with van der Waals surface area (Å²) in [5, 5.41) is 10.5. The number of hydrogen-bond donors (Lipinski definition) is 1. The van der Waals surface area contributed by atoms with Gasteiger partial charge >= 0.3 is 0 Å². The first-order valence-corrected chi connectivity index (χ1v) is 7.49. The van der Waals surface area contributed by atoms with Crippen molar-refractivity contribution in [3.63, 3.8) is 0 Å². The summed E-state index contributed by atoms with van der Waals surface area (Å²) >= 11 is 3.49. The van der Waals surface area contributed by atoms with Crippen molar-refractivity contribution in [2.75, 3.05) is 14.2 Å². The van der Waals surface area contributed by atoms with Crippen molar-refractivity contribution >= 4 is 15.9 Å². The highest BCUT2D eigenvalue weighted by Crippen LogP contribution is 2.31. The van der Waals surface area contributed by atoms with E-state index in [2.05, 4.69) is 15.9 Å². The van der Waals surface area contributed by atoms with Crippen LogP contribution in [0.25, 0.3) is 0 Å². The highest BCUT2D eigenvalue weighted by atomic mass is 79.9. The van der Waals surface area contributed by atoms with Gasteiger partial charge in [-0.1, -0.05) is 39.7 Å². The summed E-state index contributed by atoms with van der Waals surface area (Å²) in [6.45, 7) is 2.01. The number of aliphatic hydroxyl groups excluding tert-OH is 1. The van der Waals surface area contributed by atoms with Crippen LogP contribution in [-0.4, -0.2) is 19.3 Å². The molecular weight excluding hydrogens is 332 g/mol. The van der Waals surface area contributed by atoms with E-state index in [1.165, 1.54) is 0 Å². The predicted octanol–water partition coefficient (Wildman–Crippen LogP) is 4.05. The zero-order valence-electron chi connectivity index (χ0n) is 12.4. The summed E-state index contributed by atoms with van der Waals surface area (Å²) in [7, 11) is 3.21. The second kappa shape index (κ2) is 6.96. The largest absolute Gasteiger partial charge is 0.493 e. The van der Waals surface area contributed by atoms with Gasteiger partial charge in [0.25, 0.3) is 0 Å². The SMILES string of the molecule is COc1ccc(CC(O)c2cc(C)ccc2Br)cc1OC. The lowest BCUT2D eigenvalue weighted by Crippen LogP contribution is -2.04. The Balaban J connectivity index is 2.23. The van der Waals surface area contributed by atoms with Crippen LogP contribution in [0.3, 0.4) is 0 Å². The van der Waals surface area contributed by atoms with Crippen LogP contribution >= 0.6 is 15.9 Å². The van der Waals surface area contributed by atoms with E-state index in [-0.39, 0.29) is 0 Å². The Labute approximate surface area is 133 Å². The summed E-state index contributed by atoms with van der Waals surface area (Å²) in [5.74, 6) is 1.36. The summed E-state index contributed by atoms with van der Waals surface area (Å²) in [6.07, 6.45) is -0.0556. The Bertz CT molecular complexity index is 625. The molecular formula is C17H19BrO3. The van der Waals surface area contributed by atoms with Crippen LogP contribution in [0, 0.1) is 6.92 Å². The molecule has 0 radical (unpaired) electrons. The number of benzene rings is 2. The highest BCUT2D eigenvalue weighted by Gasteiger charge is 2.14. The second-order valence-corrected chi connectivity index (χ2v) is 5.79. The van der Waals surface area contributed by atoms with Gasteiger partial charge in [0.1, 0.15) is 0 Å². The molecule has 0 aliphatic rings. The molecule has 1 N–H and O–H groups in total. The third-order valence-electron chi connectivity index (χ3n) is 3.39. The summed E-state index contributed by atoms with van der Waals surface area (Å²) in [5.41, 5.74) is 3.01. The zero-order chi connectivity index (χ0) is 15.4. The Hall–Kier alpha value is -1.52. The first-order valence-electron chi connectivity index (χ1n) is 6.70. The third kappa shape index (κ3) is 3.77. The smallest absolute Gasteiger partial charge is 0.160 e. The molecule has 0 spiro atoms. The van der Waals surface area contributed by atoms with E-state index in [1.807, 2.05) is 43.3 Å². The van der Waals surface area contributed by atoms with Gasteiger partial charge in [-0.15, -0.1) is 0 Å². The number of aliphatic hydroxyl groups is 1. The molecule has 3 nitrogen and oxygen atoms in total. The molecule has 21 heavy (non-hydrogen) atoms. The van der Waals surface area contributed by atoms with E-state index in [1.54, 1.807) is 14.2 Å². The van der Waals surface area contributed by atoms with Gasteiger partial charge in [0, 0.05) is 10.9 Å². The molecule has 1 unspecified atom stereocenters. The van der Waals surface area contributed by atoms with Crippen LogP contribution in [0.5, 0.6) is 11.5 Å². The number of rotatable bonds is 5. The number of aryl methyl sites for hydroxylation is 1. The molecule has 0 saturated carbocycles. The molecule has 0 saturated heterocycles. The van der Waals surface area contributed by atoms with Crippen LogP contribution in [0.2, 0.25) is 0 Å². The topological polar surface area (TPSA) is 38.7 Å². The summed E-state index contributed by atoms with van der Waals surface area (Å²) in [6, 6.07) is 11.7. The molecule has 0 heterocycles. The maximum atomic E-state index is 10.5. The molecule has 0 aromatic heterocycles. The normalized spacial score (nSPS) is 12.0. The fourth-order valence-corrected chi connectivity index (χ4v) is 2.77. The van der Waals surface area contributed by atoms with Gasteiger partial charge < -0.3 is 14.6 Å². The minimum absolute atomic E-state index is 0.516. The van der Waals surface area contributed by atoms with E-state index in [9.17, 15) is 5.11 Å². The van der Waals surface area contributed by atoms with Gasteiger partial charge in [0.2, 0.25) is 0 Å². The number of hydrogen-bond acceptors (Lipinski definition) is 3. The van der Waals surface area contributed by atoms with Gasteiger partial charge in [0.05, 0.1) is 20.3 Å². The van der Waals surface area contributed by atoms with Crippen molar-refractivity contribution in [1.29, 1.82) is 0 Å². The van der Waals surface area contributed by atoms with Gasteiger partial charge in [-0.2, -0.15) is 0 Å². The molecule has 2 rings (SSSR count). The molecule has 4 heteroatoms. The lowest BCUT2D eigenvalue weighted by Gasteiger charge is -2.15. The lowest BCUT2D eigenvalue weighted by molar-refractivity contribution is 0.177. The standard InChI is InChI=1S/C17H19BrO3/c1-11-4-6-14(18)13(8-11)15(19)9-12-5-7-16(20-2)17(10-12)21-3/h4-8,10,15,19H,9H2,1-3H3. The fraction of sp³-hybridized carbons (Fsp3) is 0.294. The van der Waals surface area contributed by atoms with Crippen molar-refractivity contribution in [2.24, 2.45) is 0 Å². The number of ether oxygens (including phenoxy) is 2. The van der Waals surface area contributed by atoms with Crippen LogP contribution in [0.4, 0.5) is 0 Å². The van der Waals surface area contributed by atoms with Crippen molar-refractivity contribution in [3.05, 3.63) is 57.6 Å². The molecule has 1 atom stereocenters. The second-order valence-electron chi connectivity index (χ2n) is 4.93. The third-order valence-corrected chi connectivity index (χ3v) is 4.11. The lowest BCUT2D eigenvalue weighted by atomic mass is 10.00. The molecule has 112 valence electrons. The van der Waals surface area contributed by atoms with Crippen molar-refractivity contribution < 1.29 is 14.6 Å². The summed E-state index contributed by atoms with van der Waals surface area (Å²) in [4.78, 5) is 0. The monoisotopic (exact) mass is 350 g/mol. The zero-order valence-corrected chi connectivity index (χ0v) is 14.0. The van der Waals surface area contributed by atoms with Crippen LogP contribution in [0.15, 0.2) is 40.9 Å². The van der Waals surface area contributed by atoms with Gasteiger partial charge in [-0.3, -0.25) is 0 Å². The number of methoxy groups -OCH3 is 2. The van der Waals surface area contributed by atoms with E-state index < -0.39 is 6.10 Å². The molecule has 0 aliphatic carbocycles. The molecule has 0 amide bonds. The van der Waals surface area contributed by atoms with Crippen LogP contribution in [0.1, 0.15) is 22.8 Å². The van der Waals surface area contributed by atoms with E-state index in [4.69, 9.17) is 9.47 Å². The van der Waals surface area contributed by atoms with Crippen LogP contribution in [-0.2, 0) is 6.42 Å². The first kappa shape index (κ1) is 15.9. The van der Waals surface area contributed by atoms with Crippen molar-refractivity contribution in [1.82, 2.24) is 0 Å². The molecule has 0 fully saturated rings. The highest BCUT2D eigenvalue weighted by molar-refractivity contribution is 9.10. The Morgan fingerprint density at radius 3 is 2.43 bits per heavy atom. The summed E-state index contributed by atoms with van der Waals surface area (Å²) < 4.78 is 11.4. The Kier molecular flexibility index (Phi) is 5.26. The maximum absolute atomic E-state index is 10.5. The van der Waals surface area contributed by atoms with Gasteiger partial charge in [0.15, 0.2) is 11.5 Å². The number of halogens is 1.